The van der Waals surface area contributed by atoms with Crippen LogP contribution in [0, 0.1) is 0 Å². The number of pyridine rings is 1. The lowest BCUT2D eigenvalue weighted by atomic mass is 9.97. The smallest absolute Gasteiger partial charge is 0.291 e. The van der Waals surface area contributed by atoms with Crippen molar-refractivity contribution in [2.45, 2.75) is 44.2 Å². The molecule has 0 unspecified atom stereocenters. The van der Waals surface area contributed by atoms with E-state index in [1.807, 2.05) is 22.9 Å². The van der Waals surface area contributed by atoms with Gasteiger partial charge in [-0.3, -0.25) is 9.55 Å². The molecule has 1 aliphatic rings. The van der Waals surface area contributed by atoms with Gasteiger partial charge in [0.2, 0.25) is 0 Å². The van der Waals surface area contributed by atoms with Crippen LogP contribution in [0.1, 0.15) is 36.6 Å². The van der Waals surface area contributed by atoms with Crippen LogP contribution in [0.2, 0.25) is 0 Å². The largest absolute Gasteiger partial charge is 0.349 e. The Morgan fingerprint density at radius 2 is 2.19 bits per heavy atom. The van der Waals surface area contributed by atoms with Gasteiger partial charge in [-0.1, -0.05) is 13.0 Å². The van der Waals surface area contributed by atoms with Gasteiger partial charge in [0.25, 0.3) is 0 Å². The summed E-state index contributed by atoms with van der Waals surface area (Å²) in [6, 6.07) is 3.91. The van der Waals surface area contributed by atoms with E-state index in [2.05, 4.69) is 16.9 Å². The molecule has 0 saturated heterocycles. The van der Waals surface area contributed by atoms with Crippen LogP contribution in [0.5, 0.6) is 0 Å². The quantitative estimate of drug-likeness (QED) is 0.643. The van der Waals surface area contributed by atoms with E-state index >= 15 is 0 Å². The first-order chi connectivity index (χ1) is 10.3. The summed E-state index contributed by atoms with van der Waals surface area (Å²) in [5, 5.41) is 0.944. The van der Waals surface area contributed by atoms with Crippen LogP contribution >= 0.6 is 11.8 Å². The molecule has 0 fully saturated rings. The maximum absolute atomic E-state index is 12.4. The van der Waals surface area contributed by atoms with Gasteiger partial charge >= 0.3 is 5.69 Å². The topological polar surface area (TPSA) is 47.8 Å². The third-order valence-corrected chi connectivity index (χ3v) is 4.70. The third kappa shape index (κ3) is 3.02. The molecule has 110 valence electrons. The summed E-state index contributed by atoms with van der Waals surface area (Å²) < 4.78 is 1.84. The van der Waals surface area contributed by atoms with Crippen molar-refractivity contribution in [2.75, 3.05) is 5.75 Å². The van der Waals surface area contributed by atoms with E-state index in [9.17, 15) is 4.79 Å². The van der Waals surface area contributed by atoms with Crippen LogP contribution in [0.25, 0.3) is 0 Å². The van der Waals surface area contributed by atoms with Gasteiger partial charge in [0.1, 0.15) is 5.03 Å². The van der Waals surface area contributed by atoms with E-state index in [1.165, 1.54) is 17.7 Å². The zero-order chi connectivity index (χ0) is 14.7. The molecule has 5 heteroatoms. The lowest BCUT2D eigenvalue weighted by molar-refractivity contribution is 0.569. The van der Waals surface area contributed by atoms with Crippen LogP contribution < -0.4 is 5.69 Å². The summed E-state index contributed by atoms with van der Waals surface area (Å²) in [6.45, 7) is 2.67. The molecule has 2 aromatic heterocycles. The maximum atomic E-state index is 12.4. The van der Waals surface area contributed by atoms with E-state index in [4.69, 9.17) is 0 Å². The van der Waals surface area contributed by atoms with Gasteiger partial charge in [-0.15, -0.1) is 11.8 Å². The predicted molar refractivity (Wildman–Crippen MR) is 84.9 cm³/mol. The van der Waals surface area contributed by atoms with Gasteiger partial charge in [-0.25, -0.2) is 4.79 Å². The average Bonchev–Trinajstić information content (AvgIpc) is 2.52. The van der Waals surface area contributed by atoms with Crippen molar-refractivity contribution in [3.05, 3.63) is 51.8 Å². The van der Waals surface area contributed by atoms with E-state index in [1.54, 1.807) is 18.0 Å². The summed E-state index contributed by atoms with van der Waals surface area (Å²) in [7, 11) is 0. The Kier molecular flexibility index (Phi) is 4.39. The lowest BCUT2D eigenvalue weighted by Gasteiger charge is -2.22. The highest BCUT2D eigenvalue weighted by molar-refractivity contribution is 7.99. The van der Waals surface area contributed by atoms with Crippen molar-refractivity contribution in [1.82, 2.24) is 14.5 Å². The maximum Gasteiger partial charge on any atom is 0.349 e. The minimum Gasteiger partial charge on any atom is -0.291 e. The second-order valence-electron chi connectivity index (χ2n) is 5.21. The SMILES string of the molecule is CCSc1nc(=O)n(Cc2cccnc2)c2c1CCCC2. The molecule has 0 amide bonds. The fourth-order valence-corrected chi connectivity index (χ4v) is 3.65. The molecule has 3 rings (SSSR count). The van der Waals surface area contributed by atoms with E-state index in [0.717, 1.165) is 35.6 Å². The Morgan fingerprint density at radius 1 is 1.33 bits per heavy atom. The third-order valence-electron chi connectivity index (χ3n) is 3.80. The highest BCUT2D eigenvalue weighted by atomic mass is 32.2. The fraction of sp³-hybridized carbons (Fsp3) is 0.438. The Bertz CT molecular complexity index is 682. The Hall–Kier alpha value is -1.62. The number of hydrogen-bond acceptors (Lipinski definition) is 4. The highest BCUT2D eigenvalue weighted by Crippen LogP contribution is 2.28. The van der Waals surface area contributed by atoms with Gasteiger partial charge in [0, 0.05) is 23.7 Å². The van der Waals surface area contributed by atoms with E-state index in [-0.39, 0.29) is 5.69 Å². The summed E-state index contributed by atoms with van der Waals surface area (Å²) in [6.07, 6.45) is 7.93. The molecule has 1 aliphatic carbocycles. The van der Waals surface area contributed by atoms with E-state index in [0.29, 0.717) is 6.54 Å². The standard InChI is InChI=1S/C16H19N3OS/c1-2-21-15-13-7-3-4-8-14(13)19(16(20)18-15)11-12-6-5-9-17-10-12/h5-6,9-10H,2-4,7-8,11H2,1H3. The zero-order valence-corrected chi connectivity index (χ0v) is 13.0. The van der Waals surface area contributed by atoms with Gasteiger partial charge in [-0.05, 0) is 43.1 Å². The molecule has 21 heavy (non-hydrogen) atoms. The molecule has 2 heterocycles. The molecular weight excluding hydrogens is 282 g/mol. The second-order valence-corrected chi connectivity index (χ2v) is 6.47. The van der Waals surface area contributed by atoms with Crippen molar-refractivity contribution >= 4 is 11.8 Å². The number of aromatic nitrogens is 3. The molecule has 0 aromatic carbocycles. The Balaban J connectivity index is 2.06. The van der Waals surface area contributed by atoms with Crippen LogP contribution in [0.4, 0.5) is 0 Å². The molecule has 0 bridgehead atoms. The second kappa shape index (κ2) is 6.43. The number of hydrogen-bond donors (Lipinski definition) is 0. The van der Waals surface area contributed by atoms with Crippen molar-refractivity contribution in [1.29, 1.82) is 0 Å². The first-order valence-electron chi connectivity index (χ1n) is 7.44. The summed E-state index contributed by atoms with van der Waals surface area (Å²) in [4.78, 5) is 20.9. The summed E-state index contributed by atoms with van der Waals surface area (Å²) in [5.74, 6) is 0.950. The molecule has 0 N–H and O–H groups in total. The van der Waals surface area contributed by atoms with Crippen molar-refractivity contribution < 1.29 is 0 Å². The summed E-state index contributed by atoms with van der Waals surface area (Å²) in [5.41, 5.74) is 3.39. The molecule has 0 aliphatic heterocycles. The predicted octanol–water partition coefficient (Wildman–Crippen LogP) is 2.68. The van der Waals surface area contributed by atoms with Gasteiger partial charge in [0.15, 0.2) is 0 Å². The van der Waals surface area contributed by atoms with Crippen LogP contribution in [0.15, 0.2) is 34.3 Å². The molecular formula is C16H19N3OS. The number of thioether (sulfide) groups is 1. The van der Waals surface area contributed by atoms with Crippen LogP contribution in [0.3, 0.4) is 0 Å². The fourth-order valence-electron chi connectivity index (χ4n) is 2.84. The lowest BCUT2D eigenvalue weighted by Crippen LogP contribution is -2.30. The molecule has 2 aromatic rings. The van der Waals surface area contributed by atoms with Gasteiger partial charge < -0.3 is 0 Å². The first kappa shape index (κ1) is 14.3. The van der Waals surface area contributed by atoms with Crippen molar-refractivity contribution in [2.24, 2.45) is 0 Å². The average molecular weight is 301 g/mol. The Labute approximate surface area is 128 Å². The number of fused-ring (bicyclic) bond motifs is 1. The molecule has 4 nitrogen and oxygen atoms in total. The molecule has 0 saturated carbocycles. The van der Waals surface area contributed by atoms with Gasteiger partial charge in [-0.2, -0.15) is 4.98 Å². The molecule has 0 spiro atoms. The van der Waals surface area contributed by atoms with Crippen LogP contribution in [-0.4, -0.2) is 20.3 Å². The normalized spacial score (nSPS) is 14.0. The van der Waals surface area contributed by atoms with Gasteiger partial charge in [0.05, 0.1) is 6.54 Å². The number of nitrogens with zero attached hydrogens (tertiary/aromatic N) is 3. The minimum absolute atomic E-state index is 0.129. The first-order valence-corrected chi connectivity index (χ1v) is 8.42. The van der Waals surface area contributed by atoms with Crippen molar-refractivity contribution in [3.8, 4) is 0 Å². The minimum atomic E-state index is -0.129. The van der Waals surface area contributed by atoms with Crippen LogP contribution in [-0.2, 0) is 19.4 Å². The highest BCUT2D eigenvalue weighted by Gasteiger charge is 2.20. The monoisotopic (exact) mass is 301 g/mol. The molecule has 0 radical (unpaired) electrons. The molecule has 0 atom stereocenters. The van der Waals surface area contributed by atoms with Crippen molar-refractivity contribution in [3.63, 3.8) is 0 Å². The zero-order valence-electron chi connectivity index (χ0n) is 12.2. The Morgan fingerprint density at radius 3 is 2.95 bits per heavy atom. The number of rotatable bonds is 4. The summed E-state index contributed by atoms with van der Waals surface area (Å²) >= 11 is 1.68. The van der Waals surface area contributed by atoms with E-state index < -0.39 is 0 Å².